The van der Waals surface area contributed by atoms with Gasteiger partial charge in [-0.3, -0.25) is 4.79 Å². The summed E-state index contributed by atoms with van der Waals surface area (Å²) in [7, 11) is 0. The van der Waals surface area contributed by atoms with Crippen molar-refractivity contribution in [2.75, 3.05) is 26.2 Å². The number of nitrogens with one attached hydrogen (secondary N) is 1. The van der Waals surface area contributed by atoms with E-state index in [9.17, 15) is 4.79 Å². The SMILES string of the molecule is CCN(CC)CCNC(=O)Cn1cnnn1. The van der Waals surface area contributed by atoms with Gasteiger partial charge in [0.05, 0.1) is 0 Å². The molecule has 0 aliphatic carbocycles. The van der Waals surface area contributed by atoms with Crippen LogP contribution in [0.15, 0.2) is 6.33 Å². The fourth-order valence-electron chi connectivity index (χ4n) is 1.35. The number of rotatable bonds is 7. The Morgan fingerprint density at radius 1 is 1.44 bits per heavy atom. The van der Waals surface area contributed by atoms with E-state index in [1.165, 1.54) is 11.0 Å². The lowest BCUT2D eigenvalue weighted by Gasteiger charge is -2.17. The number of nitrogens with zero attached hydrogens (tertiary/aromatic N) is 5. The van der Waals surface area contributed by atoms with Crippen LogP contribution in [0.5, 0.6) is 0 Å². The quantitative estimate of drug-likeness (QED) is 0.654. The van der Waals surface area contributed by atoms with E-state index in [0.29, 0.717) is 6.54 Å². The first-order valence-corrected chi connectivity index (χ1v) is 5.46. The van der Waals surface area contributed by atoms with Crippen molar-refractivity contribution in [2.24, 2.45) is 0 Å². The van der Waals surface area contributed by atoms with E-state index in [0.717, 1.165) is 19.6 Å². The predicted octanol–water partition coefficient (Wildman–Crippen LogP) is -0.869. The van der Waals surface area contributed by atoms with Gasteiger partial charge in [0, 0.05) is 13.1 Å². The van der Waals surface area contributed by atoms with Crippen molar-refractivity contribution in [1.82, 2.24) is 30.4 Å². The van der Waals surface area contributed by atoms with Crippen molar-refractivity contribution in [3.63, 3.8) is 0 Å². The van der Waals surface area contributed by atoms with Crippen molar-refractivity contribution in [2.45, 2.75) is 20.4 Å². The van der Waals surface area contributed by atoms with Crippen LogP contribution >= 0.6 is 0 Å². The molecule has 0 radical (unpaired) electrons. The summed E-state index contributed by atoms with van der Waals surface area (Å²) >= 11 is 0. The number of carbonyl (C=O) groups excluding carboxylic acids is 1. The van der Waals surface area contributed by atoms with Gasteiger partial charge in [-0.05, 0) is 23.5 Å². The lowest BCUT2D eigenvalue weighted by atomic mass is 10.4. The van der Waals surface area contributed by atoms with E-state index >= 15 is 0 Å². The summed E-state index contributed by atoms with van der Waals surface area (Å²) < 4.78 is 1.40. The lowest BCUT2D eigenvalue weighted by molar-refractivity contribution is -0.121. The number of hydrogen-bond acceptors (Lipinski definition) is 5. The van der Waals surface area contributed by atoms with Crippen molar-refractivity contribution >= 4 is 5.91 Å². The summed E-state index contributed by atoms with van der Waals surface area (Å²) in [5.41, 5.74) is 0. The van der Waals surface area contributed by atoms with Crippen LogP contribution in [0.1, 0.15) is 13.8 Å². The predicted molar refractivity (Wildman–Crippen MR) is 58.6 cm³/mol. The summed E-state index contributed by atoms with van der Waals surface area (Å²) in [4.78, 5) is 13.7. The third-order valence-corrected chi connectivity index (χ3v) is 2.34. The molecule has 90 valence electrons. The number of amides is 1. The number of carbonyl (C=O) groups is 1. The van der Waals surface area contributed by atoms with Crippen LogP contribution < -0.4 is 5.32 Å². The molecule has 0 aliphatic rings. The van der Waals surface area contributed by atoms with Crippen LogP contribution in [0, 0.1) is 0 Å². The average Bonchev–Trinajstić information content (AvgIpc) is 2.77. The summed E-state index contributed by atoms with van der Waals surface area (Å²) in [6.07, 6.45) is 1.42. The Bertz CT molecular complexity index is 295. The highest BCUT2D eigenvalue weighted by atomic mass is 16.2. The molecule has 1 aromatic rings. The minimum atomic E-state index is -0.0699. The second-order valence-corrected chi connectivity index (χ2v) is 3.38. The minimum absolute atomic E-state index is 0.0699. The van der Waals surface area contributed by atoms with Crippen LogP contribution in [0.3, 0.4) is 0 Å². The van der Waals surface area contributed by atoms with Crippen LogP contribution in [0.4, 0.5) is 0 Å². The van der Waals surface area contributed by atoms with Gasteiger partial charge < -0.3 is 10.2 Å². The first kappa shape index (κ1) is 12.6. The number of aromatic nitrogens is 4. The molecule has 0 aliphatic heterocycles. The second-order valence-electron chi connectivity index (χ2n) is 3.38. The zero-order chi connectivity index (χ0) is 11.8. The normalized spacial score (nSPS) is 10.7. The van der Waals surface area contributed by atoms with Gasteiger partial charge in [-0.1, -0.05) is 13.8 Å². The Morgan fingerprint density at radius 3 is 2.75 bits per heavy atom. The average molecular weight is 226 g/mol. The van der Waals surface area contributed by atoms with E-state index in [1.807, 2.05) is 0 Å². The Morgan fingerprint density at radius 2 is 2.19 bits per heavy atom. The first-order valence-electron chi connectivity index (χ1n) is 5.46. The van der Waals surface area contributed by atoms with Crippen LogP contribution in [0.2, 0.25) is 0 Å². The molecular formula is C9H18N6O. The van der Waals surface area contributed by atoms with E-state index in [-0.39, 0.29) is 12.5 Å². The van der Waals surface area contributed by atoms with Gasteiger partial charge in [0.2, 0.25) is 5.91 Å². The van der Waals surface area contributed by atoms with E-state index in [2.05, 4.69) is 39.6 Å². The van der Waals surface area contributed by atoms with Gasteiger partial charge in [0.25, 0.3) is 0 Å². The third-order valence-electron chi connectivity index (χ3n) is 2.34. The topological polar surface area (TPSA) is 75.9 Å². The molecule has 1 heterocycles. The molecule has 1 aromatic heterocycles. The standard InChI is InChI=1S/C9H18N6O/c1-3-14(4-2)6-5-10-9(16)7-15-8-11-12-13-15/h8H,3-7H2,1-2H3,(H,10,16). The molecular weight excluding hydrogens is 208 g/mol. The lowest BCUT2D eigenvalue weighted by Crippen LogP contribution is -2.36. The molecule has 1 amide bonds. The fourth-order valence-corrected chi connectivity index (χ4v) is 1.35. The summed E-state index contributed by atoms with van der Waals surface area (Å²) in [6, 6.07) is 0. The molecule has 1 rings (SSSR count). The molecule has 0 bridgehead atoms. The zero-order valence-electron chi connectivity index (χ0n) is 9.76. The number of likely N-dealkylation sites (N-methyl/N-ethyl adjacent to an activating group) is 1. The smallest absolute Gasteiger partial charge is 0.241 e. The molecule has 0 fully saturated rings. The Labute approximate surface area is 94.8 Å². The summed E-state index contributed by atoms with van der Waals surface area (Å²) in [6.45, 7) is 7.90. The largest absolute Gasteiger partial charge is 0.353 e. The molecule has 0 unspecified atom stereocenters. The van der Waals surface area contributed by atoms with Crippen LogP contribution in [-0.2, 0) is 11.3 Å². The summed E-state index contributed by atoms with van der Waals surface area (Å²) in [5.74, 6) is -0.0699. The molecule has 0 saturated carbocycles. The van der Waals surface area contributed by atoms with E-state index < -0.39 is 0 Å². The van der Waals surface area contributed by atoms with Crippen molar-refractivity contribution in [3.8, 4) is 0 Å². The zero-order valence-corrected chi connectivity index (χ0v) is 9.76. The fraction of sp³-hybridized carbons (Fsp3) is 0.778. The monoisotopic (exact) mass is 226 g/mol. The summed E-state index contributed by atoms with van der Waals surface area (Å²) in [5, 5.41) is 13.3. The molecule has 16 heavy (non-hydrogen) atoms. The molecule has 0 atom stereocenters. The van der Waals surface area contributed by atoms with Gasteiger partial charge in [0.1, 0.15) is 12.9 Å². The molecule has 0 saturated heterocycles. The Kier molecular flexibility index (Phi) is 5.41. The molecule has 0 aromatic carbocycles. The third kappa shape index (κ3) is 4.35. The Balaban J connectivity index is 2.15. The molecule has 7 nitrogen and oxygen atoms in total. The van der Waals surface area contributed by atoms with Crippen molar-refractivity contribution < 1.29 is 4.79 Å². The highest BCUT2D eigenvalue weighted by molar-refractivity contribution is 5.75. The highest BCUT2D eigenvalue weighted by Crippen LogP contribution is 1.84. The first-order chi connectivity index (χ1) is 7.76. The van der Waals surface area contributed by atoms with Gasteiger partial charge in [0.15, 0.2) is 0 Å². The highest BCUT2D eigenvalue weighted by Gasteiger charge is 2.04. The molecule has 0 spiro atoms. The van der Waals surface area contributed by atoms with Crippen LogP contribution in [0.25, 0.3) is 0 Å². The maximum atomic E-state index is 11.4. The van der Waals surface area contributed by atoms with E-state index in [1.54, 1.807) is 0 Å². The van der Waals surface area contributed by atoms with Gasteiger partial charge in [-0.2, -0.15) is 0 Å². The number of tetrazole rings is 1. The molecule has 1 N–H and O–H groups in total. The minimum Gasteiger partial charge on any atom is -0.353 e. The van der Waals surface area contributed by atoms with Gasteiger partial charge in [-0.15, -0.1) is 5.10 Å². The van der Waals surface area contributed by atoms with Crippen molar-refractivity contribution in [1.29, 1.82) is 0 Å². The van der Waals surface area contributed by atoms with Gasteiger partial charge >= 0.3 is 0 Å². The second kappa shape index (κ2) is 6.89. The maximum absolute atomic E-state index is 11.4. The maximum Gasteiger partial charge on any atom is 0.241 e. The Hall–Kier alpha value is -1.50. The van der Waals surface area contributed by atoms with E-state index in [4.69, 9.17) is 0 Å². The van der Waals surface area contributed by atoms with Gasteiger partial charge in [-0.25, -0.2) is 4.68 Å². The van der Waals surface area contributed by atoms with Crippen LogP contribution in [-0.4, -0.2) is 57.2 Å². The number of hydrogen-bond donors (Lipinski definition) is 1. The molecule has 7 heteroatoms. The van der Waals surface area contributed by atoms with Crippen molar-refractivity contribution in [3.05, 3.63) is 6.33 Å².